The van der Waals surface area contributed by atoms with E-state index in [2.05, 4.69) is 0 Å². The lowest BCUT2D eigenvalue weighted by molar-refractivity contribution is -0.107. The Morgan fingerprint density at radius 2 is 1.85 bits per heavy atom. The molecule has 0 aliphatic carbocycles. The number of rotatable bonds is 5. The van der Waals surface area contributed by atoms with E-state index in [1.165, 1.54) is 21.1 Å². The van der Waals surface area contributed by atoms with Gasteiger partial charge in [0.15, 0.2) is 23.6 Å². The van der Waals surface area contributed by atoms with Crippen molar-refractivity contribution in [3.63, 3.8) is 0 Å². The fourth-order valence-electron chi connectivity index (χ4n) is 2.13. The Bertz CT molecular complexity index is 452. The van der Waals surface area contributed by atoms with Gasteiger partial charge >= 0.3 is 0 Å². The molecule has 1 aliphatic rings. The number of carbonyl (C=O) groups excluding carboxylic acids is 1. The smallest absolute Gasteiger partial charge is 0.206 e. The van der Waals surface area contributed by atoms with Crippen molar-refractivity contribution < 1.29 is 23.7 Å². The highest BCUT2D eigenvalue weighted by molar-refractivity contribution is 5.95. The Balaban J connectivity index is 2.31. The fraction of sp³-hybridized carbons (Fsp3) is 0.533. The predicted octanol–water partition coefficient (Wildman–Crippen LogP) is 2.81. The summed E-state index contributed by atoms with van der Waals surface area (Å²) >= 11 is 0. The van der Waals surface area contributed by atoms with Crippen LogP contribution >= 0.6 is 0 Å². The first-order valence-electron chi connectivity index (χ1n) is 6.71. The van der Waals surface area contributed by atoms with Crippen LogP contribution in [0.5, 0.6) is 17.2 Å². The second kappa shape index (κ2) is 6.61. The molecule has 0 N–H and O–H groups in total. The Morgan fingerprint density at radius 3 is 2.30 bits per heavy atom. The third-order valence-corrected chi connectivity index (χ3v) is 3.25. The molecule has 1 fully saturated rings. The van der Waals surface area contributed by atoms with E-state index >= 15 is 0 Å². The number of hydrogen-bond acceptors (Lipinski definition) is 5. The molecule has 1 aromatic rings. The molecule has 0 aromatic heterocycles. The van der Waals surface area contributed by atoms with E-state index in [4.69, 9.17) is 18.9 Å². The third kappa shape index (κ3) is 3.22. The van der Waals surface area contributed by atoms with Gasteiger partial charge in [0.05, 0.1) is 20.8 Å². The van der Waals surface area contributed by atoms with Crippen LogP contribution in [0.3, 0.4) is 0 Å². The highest BCUT2D eigenvalue weighted by atomic mass is 16.7. The van der Waals surface area contributed by atoms with Gasteiger partial charge in [-0.05, 0) is 31.9 Å². The maximum Gasteiger partial charge on any atom is 0.206 e. The Kier molecular flexibility index (Phi) is 4.84. The van der Waals surface area contributed by atoms with Crippen LogP contribution in [0, 0.1) is 0 Å². The van der Waals surface area contributed by atoms with Crippen molar-refractivity contribution in [1.29, 1.82) is 0 Å². The molecule has 0 spiro atoms. The van der Waals surface area contributed by atoms with Gasteiger partial charge in [-0.3, -0.25) is 4.79 Å². The normalized spacial score (nSPS) is 18.4. The van der Waals surface area contributed by atoms with Crippen LogP contribution in [0.2, 0.25) is 0 Å². The average Bonchev–Trinajstić information content (AvgIpc) is 2.48. The quantitative estimate of drug-likeness (QED) is 0.776. The monoisotopic (exact) mass is 280 g/mol. The standard InChI is InChI=1S/C15H20O5/c1-10(16)11-8-12(17-2)15(13(9-11)18-3)20-14-6-4-5-7-19-14/h8-9,14H,4-7H2,1-3H3. The minimum atomic E-state index is -0.297. The summed E-state index contributed by atoms with van der Waals surface area (Å²) in [5.74, 6) is 1.38. The van der Waals surface area contributed by atoms with Crippen LogP contribution < -0.4 is 14.2 Å². The first kappa shape index (κ1) is 14.7. The van der Waals surface area contributed by atoms with Gasteiger partial charge < -0.3 is 18.9 Å². The summed E-state index contributed by atoms with van der Waals surface area (Å²) in [6, 6.07) is 3.31. The van der Waals surface area contributed by atoms with Gasteiger partial charge in [-0.15, -0.1) is 0 Å². The first-order valence-corrected chi connectivity index (χ1v) is 6.71. The molecule has 1 heterocycles. The molecule has 1 saturated heterocycles. The first-order chi connectivity index (χ1) is 9.65. The van der Waals surface area contributed by atoms with Crippen LogP contribution in [0.25, 0.3) is 0 Å². The van der Waals surface area contributed by atoms with E-state index < -0.39 is 0 Å². The maximum absolute atomic E-state index is 11.5. The number of benzene rings is 1. The number of Topliss-reactive ketones (excluding diaryl/α,β-unsaturated/α-hetero) is 1. The van der Waals surface area contributed by atoms with E-state index in [0.717, 1.165) is 19.3 Å². The van der Waals surface area contributed by atoms with Crippen LogP contribution in [0.15, 0.2) is 12.1 Å². The van der Waals surface area contributed by atoms with Crippen molar-refractivity contribution in [3.05, 3.63) is 17.7 Å². The largest absolute Gasteiger partial charge is 0.493 e. The lowest BCUT2D eigenvalue weighted by Gasteiger charge is -2.25. The summed E-state index contributed by atoms with van der Waals surface area (Å²) in [6.45, 7) is 2.19. The minimum Gasteiger partial charge on any atom is -0.493 e. The molecule has 0 bridgehead atoms. The second-order valence-corrected chi connectivity index (χ2v) is 4.68. The minimum absolute atomic E-state index is 0.0536. The SMILES string of the molecule is COc1cc(C(C)=O)cc(OC)c1OC1CCCCO1. The second-order valence-electron chi connectivity index (χ2n) is 4.68. The molecule has 5 heteroatoms. The number of methoxy groups -OCH3 is 2. The van der Waals surface area contributed by atoms with E-state index in [1.807, 2.05) is 0 Å². The van der Waals surface area contributed by atoms with E-state index in [-0.39, 0.29) is 12.1 Å². The number of hydrogen-bond donors (Lipinski definition) is 0. The molecule has 1 atom stereocenters. The summed E-state index contributed by atoms with van der Waals surface area (Å²) in [5, 5.41) is 0. The van der Waals surface area contributed by atoms with Crippen molar-refractivity contribution >= 4 is 5.78 Å². The third-order valence-electron chi connectivity index (χ3n) is 3.25. The molecule has 2 rings (SSSR count). The van der Waals surface area contributed by atoms with Gasteiger partial charge in [-0.25, -0.2) is 0 Å². The van der Waals surface area contributed by atoms with Crippen molar-refractivity contribution in [1.82, 2.24) is 0 Å². The Morgan fingerprint density at radius 1 is 1.20 bits per heavy atom. The van der Waals surface area contributed by atoms with Crippen LogP contribution in [-0.4, -0.2) is 32.9 Å². The van der Waals surface area contributed by atoms with Gasteiger partial charge in [-0.2, -0.15) is 0 Å². The molecular formula is C15H20O5. The molecule has 0 saturated carbocycles. The topological polar surface area (TPSA) is 54.0 Å². The summed E-state index contributed by atoms with van der Waals surface area (Å²) in [7, 11) is 3.07. The van der Waals surface area contributed by atoms with Gasteiger partial charge in [0, 0.05) is 12.0 Å². The molecule has 110 valence electrons. The Hall–Kier alpha value is -1.75. The van der Waals surface area contributed by atoms with Gasteiger partial charge in [0.1, 0.15) is 0 Å². The van der Waals surface area contributed by atoms with Gasteiger partial charge in [-0.1, -0.05) is 0 Å². The summed E-state index contributed by atoms with van der Waals surface area (Å²) in [4.78, 5) is 11.5. The summed E-state index contributed by atoms with van der Waals surface area (Å²) in [6.07, 6.45) is 2.66. The van der Waals surface area contributed by atoms with Crippen LogP contribution in [0.1, 0.15) is 36.5 Å². The highest BCUT2D eigenvalue weighted by Crippen LogP contribution is 2.40. The van der Waals surface area contributed by atoms with E-state index in [0.29, 0.717) is 29.4 Å². The molecule has 1 aromatic carbocycles. The molecule has 20 heavy (non-hydrogen) atoms. The lowest BCUT2D eigenvalue weighted by Crippen LogP contribution is -2.25. The molecule has 5 nitrogen and oxygen atoms in total. The number of ketones is 1. The maximum atomic E-state index is 11.5. The number of ether oxygens (including phenoxy) is 4. The van der Waals surface area contributed by atoms with Crippen molar-refractivity contribution in [2.24, 2.45) is 0 Å². The molecule has 0 amide bonds. The fourth-order valence-corrected chi connectivity index (χ4v) is 2.13. The summed E-state index contributed by atoms with van der Waals surface area (Å²) < 4.78 is 22.0. The molecular weight excluding hydrogens is 260 g/mol. The Labute approximate surface area is 118 Å². The number of carbonyl (C=O) groups is 1. The molecule has 1 unspecified atom stereocenters. The molecule has 1 aliphatic heterocycles. The van der Waals surface area contributed by atoms with Gasteiger partial charge in [0.25, 0.3) is 0 Å². The zero-order chi connectivity index (χ0) is 14.5. The van der Waals surface area contributed by atoms with Gasteiger partial charge in [0.2, 0.25) is 5.75 Å². The lowest BCUT2D eigenvalue weighted by atomic mass is 10.1. The zero-order valence-corrected chi connectivity index (χ0v) is 12.1. The van der Waals surface area contributed by atoms with Crippen LogP contribution in [0.4, 0.5) is 0 Å². The predicted molar refractivity (Wildman–Crippen MR) is 73.8 cm³/mol. The van der Waals surface area contributed by atoms with Crippen LogP contribution in [-0.2, 0) is 4.74 Å². The average molecular weight is 280 g/mol. The molecule has 0 radical (unpaired) electrons. The summed E-state index contributed by atoms with van der Waals surface area (Å²) in [5.41, 5.74) is 0.524. The zero-order valence-electron chi connectivity index (χ0n) is 12.1. The van der Waals surface area contributed by atoms with Crippen molar-refractivity contribution in [2.75, 3.05) is 20.8 Å². The van der Waals surface area contributed by atoms with E-state index in [9.17, 15) is 4.79 Å². The van der Waals surface area contributed by atoms with E-state index in [1.54, 1.807) is 12.1 Å². The highest BCUT2D eigenvalue weighted by Gasteiger charge is 2.22. The van der Waals surface area contributed by atoms with Crippen molar-refractivity contribution in [3.8, 4) is 17.2 Å². The van der Waals surface area contributed by atoms with Crippen molar-refractivity contribution in [2.45, 2.75) is 32.5 Å².